The first-order chi connectivity index (χ1) is 11.4. The van der Waals surface area contributed by atoms with Crippen LogP contribution in [0, 0.1) is 35.5 Å². The molecule has 4 heteroatoms. The minimum absolute atomic E-state index is 0.284. The molecule has 0 aromatic rings. The van der Waals surface area contributed by atoms with Gasteiger partial charge in [-0.3, -0.25) is 0 Å². The molecule has 4 nitrogen and oxygen atoms in total. The summed E-state index contributed by atoms with van der Waals surface area (Å²) in [7, 11) is 0. The second-order valence-electron chi connectivity index (χ2n) is 7.99. The van der Waals surface area contributed by atoms with Crippen molar-refractivity contribution in [2.24, 2.45) is 35.5 Å². The first-order valence-corrected chi connectivity index (χ1v) is 9.03. The van der Waals surface area contributed by atoms with Gasteiger partial charge in [0.05, 0.1) is 13.2 Å². The Morgan fingerprint density at radius 3 is 2.04 bits per heavy atom. The summed E-state index contributed by atoms with van der Waals surface area (Å²) < 4.78 is 10.9. The highest BCUT2D eigenvalue weighted by Crippen LogP contribution is 2.62. The lowest BCUT2D eigenvalue weighted by atomic mass is 9.73. The maximum atomic E-state index is 11.7. The van der Waals surface area contributed by atoms with E-state index in [0.29, 0.717) is 48.0 Å². The van der Waals surface area contributed by atoms with Crippen molar-refractivity contribution >= 4 is 11.9 Å². The zero-order valence-electron chi connectivity index (χ0n) is 14.8. The molecule has 3 aliphatic carbocycles. The Morgan fingerprint density at radius 1 is 0.875 bits per heavy atom. The molecule has 6 atom stereocenters. The maximum absolute atomic E-state index is 11.7. The lowest BCUT2D eigenvalue weighted by Crippen LogP contribution is -2.33. The Balaban J connectivity index is 1.57. The zero-order chi connectivity index (χ0) is 17.4. The molecule has 3 saturated carbocycles. The summed E-state index contributed by atoms with van der Waals surface area (Å²) in [5, 5.41) is 0. The minimum Gasteiger partial charge on any atom is -0.462 e. The number of carbonyl (C=O) groups is 2. The first kappa shape index (κ1) is 17.2. The number of fused-ring (bicyclic) bond motifs is 5. The van der Waals surface area contributed by atoms with Gasteiger partial charge in [-0.05, 0) is 75.0 Å². The lowest BCUT2D eigenvalue weighted by Gasteiger charge is -2.34. The van der Waals surface area contributed by atoms with Gasteiger partial charge in [-0.15, -0.1) is 0 Å². The van der Waals surface area contributed by atoms with Gasteiger partial charge < -0.3 is 9.47 Å². The lowest BCUT2D eigenvalue weighted by molar-refractivity contribution is -0.143. The molecule has 0 aliphatic heterocycles. The monoisotopic (exact) mass is 332 g/mol. The van der Waals surface area contributed by atoms with E-state index in [2.05, 4.69) is 13.2 Å². The van der Waals surface area contributed by atoms with Gasteiger partial charge in [0.2, 0.25) is 0 Å². The van der Waals surface area contributed by atoms with Crippen molar-refractivity contribution in [1.29, 1.82) is 0 Å². The van der Waals surface area contributed by atoms with E-state index in [1.165, 1.54) is 19.3 Å². The van der Waals surface area contributed by atoms with E-state index in [1.807, 2.05) is 0 Å². The van der Waals surface area contributed by atoms with Crippen LogP contribution in [0.25, 0.3) is 0 Å². The molecule has 0 aromatic carbocycles. The third-order valence-corrected chi connectivity index (χ3v) is 6.35. The van der Waals surface area contributed by atoms with Crippen LogP contribution in [0.1, 0.15) is 39.5 Å². The molecule has 132 valence electrons. The molecule has 24 heavy (non-hydrogen) atoms. The second-order valence-corrected chi connectivity index (χ2v) is 7.99. The normalized spacial score (nSPS) is 36.2. The molecule has 0 saturated heterocycles. The number of carbonyl (C=O) groups excluding carboxylic acids is 2. The van der Waals surface area contributed by atoms with Crippen LogP contribution in [-0.4, -0.2) is 25.2 Å². The van der Waals surface area contributed by atoms with Gasteiger partial charge in [0, 0.05) is 11.1 Å². The van der Waals surface area contributed by atoms with E-state index in [1.54, 1.807) is 13.8 Å². The first-order valence-electron chi connectivity index (χ1n) is 9.03. The zero-order valence-corrected chi connectivity index (χ0v) is 14.8. The van der Waals surface area contributed by atoms with Gasteiger partial charge in [0.25, 0.3) is 0 Å². The second kappa shape index (κ2) is 6.73. The van der Waals surface area contributed by atoms with Gasteiger partial charge in [-0.25, -0.2) is 9.59 Å². The highest BCUT2D eigenvalue weighted by atomic mass is 16.5. The predicted molar refractivity (Wildman–Crippen MR) is 91.0 cm³/mol. The summed E-state index contributed by atoms with van der Waals surface area (Å²) in [5.41, 5.74) is 0.920. The van der Waals surface area contributed by atoms with Crippen LogP contribution in [0.15, 0.2) is 24.3 Å². The third kappa shape index (κ3) is 3.15. The maximum Gasteiger partial charge on any atom is 0.333 e. The molecule has 0 heterocycles. The Kier molecular flexibility index (Phi) is 4.84. The van der Waals surface area contributed by atoms with E-state index in [0.717, 1.165) is 18.3 Å². The SMILES string of the molecule is C=C(C)C(=O)OCC1CC2CC1C1C(COC(=O)C(=C)C)CCC21. The van der Waals surface area contributed by atoms with Crippen molar-refractivity contribution in [3.63, 3.8) is 0 Å². The van der Waals surface area contributed by atoms with Crippen LogP contribution in [0.4, 0.5) is 0 Å². The minimum atomic E-state index is -0.285. The van der Waals surface area contributed by atoms with Crippen LogP contribution in [0.5, 0.6) is 0 Å². The van der Waals surface area contributed by atoms with Gasteiger partial charge in [0.1, 0.15) is 0 Å². The van der Waals surface area contributed by atoms with E-state index in [4.69, 9.17) is 9.47 Å². The fourth-order valence-corrected chi connectivity index (χ4v) is 5.38. The molecule has 0 spiro atoms. The van der Waals surface area contributed by atoms with E-state index < -0.39 is 0 Å². The number of hydrogen-bond donors (Lipinski definition) is 0. The average Bonchev–Trinajstić information content (AvgIpc) is 3.21. The Hall–Kier alpha value is -1.58. The van der Waals surface area contributed by atoms with Crippen molar-refractivity contribution in [2.75, 3.05) is 13.2 Å². The largest absolute Gasteiger partial charge is 0.462 e. The fourth-order valence-electron chi connectivity index (χ4n) is 5.38. The molecule has 0 amide bonds. The summed E-state index contributed by atoms with van der Waals surface area (Å²) in [6, 6.07) is 0. The van der Waals surface area contributed by atoms with Crippen molar-refractivity contribution in [3.8, 4) is 0 Å². The standard InChI is InChI=1S/C20H28O4/c1-11(2)19(21)23-9-13-5-6-16-14-7-15(17(8-14)18(13)16)10-24-20(22)12(3)4/h13-18H,1,3,5-10H2,2,4H3. The van der Waals surface area contributed by atoms with Gasteiger partial charge >= 0.3 is 11.9 Å². The molecule has 0 aromatic heterocycles. The summed E-state index contributed by atoms with van der Waals surface area (Å²) in [4.78, 5) is 23.3. The number of rotatable bonds is 6. The van der Waals surface area contributed by atoms with Crippen molar-refractivity contribution in [2.45, 2.75) is 39.5 Å². The Morgan fingerprint density at radius 2 is 1.46 bits per heavy atom. The van der Waals surface area contributed by atoms with E-state index >= 15 is 0 Å². The highest BCUT2D eigenvalue weighted by Gasteiger charge is 2.57. The van der Waals surface area contributed by atoms with Gasteiger partial charge in [0.15, 0.2) is 0 Å². The van der Waals surface area contributed by atoms with Crippen LogP contribution in [0.2, 0.25) is 0 Å². The molecule has 3 aliphatic rings. The quantitative estimate of drug-likeness (QED) is 0.551. The van der Waals surface area contributed by atoms with Crippen LogP contribution >= 0.6 is 0 Å². The van der Waals surface area contributed by atoms with Gasteiger partial charge in [-0.1, -0.05) is 13.2 Å². The van der Waals surface area contributed by atoms with Gasteiger partial charge in [-0.2, -0.15) is 0 Å². The van der Waals surface area contributed by atoms with Crippen LogP contribution in [0.3, 0.4) is 0 Å². The molecule has 3 rings (SSSR count). The van der Waals surface area contributed by atoms with Crippen LogP contribution < -0.4 is 0 Å². The molecular weight excluding hydrogens is 304 g/mol. The molecule has 0 radical (unpaired) electrons. The van der Waals surface area contributed by atoms with E-state index in [-0.39, 0.29) is 11.9 Å². The van der Waals surface area contributed by atoms with Crippen LogP contribution in [-0.2, 0) is 19.1 Å². The molecule has 0 N–H and O–H groups in total. The highest BCUT2D eigenvalue weighted by molar-refractivity contribution is 5.87. The fraction of sp³-hybridized carbons (Fsp3) is 0.700. The predicted octanol–water partition coefficient (Wildman–Crippen LogP) is 3.52. The van der Waals surface area contributed by atoms with Crippen molar-refractivity contribution in [1.82, 2.24) is 0 Å². The average molecular weight is 332 g/mol. The Labute approximate surface area is 144 Å². The van der Waals surface area contributed by atoms with E-state index in [9.17, 15) is 9.59 Å². The summed E-state index contributed by atoms with van der Waals surface area (Å²) >= 11 is 0. The summed E-state index contributed by atoms with van der Waals surface area (Å²) in [5.74, 6) is 3.10. The molecule has 3 fully saturated rings. The third-order valence-electron chi connectivity index (χ3n) is 6.35. The molecule has 2 bridgehead atoms. The molecule has 6 unspecified atom stereocenters. The number of ether oxygens (including phenoxy) is 2. The smallest absolute Gasteiger partial charge is 0.333 e. The van der Waals surface area contributed by atoms with Crippen molar-refractivity contribution in [3.05, 3.63) is 24.3 Å². The molecular formula is C20H28O4. The Bertz CT molecular complexity index is 564. The summed E-state index contributed by atoms with van der Waals surface area (Å²) in [6.45, 7) is 11.7. The van der Waals surface area contributed by atoms with Crippen molar-refractivity contribution < 1.29 is 19.1 Å². The topological polar surface area (TPSA) is 52.6 Å². The summed E-state index contributed by atoms with van der Waals surface area (Å²) in [6.07, 6.45) is 4.81. The number of esters is 2. The number of hydrogen-bond acceptors (Lipinski definition) is 4.